The fraction of sp³-hybridized carbons (Fsp3) is 0.300. The monoisotopic (exact) mass is 384 g/mol. The van der Waals surface area contributed by atoms with Crippen molar-refractivity contribution in [1.82, 2.24) is 9.88 Å². The number of nitro groups is 1. The molecule has 0 aliphatic carbocycles. The molecule has 0 bridgehead atoms. The van der Waals surface area contributed by atoms with Crippen molar-refractivity contribution in [2.24, 2.45) is 0 Å². The first kappa shape index (κ1) is 20.9. The second kappa shape index (κ2) is 8.51. The molecule has 2 N–H and O–H groups in total. The molecular weight excluding hydrogens is 360 g/mol. The van der Waals surface area contributed by atoms with Crippen LogP contribution in [0, 0.1) is 10.1 Å². The first-order valence-electron chi connectivity index (χ1n) is 8.74. The lowest BCUT2D eigenvalue weighted by Gasteiger charge is -2.34. The van der Waals surface area contributed by atoms with Crippen molar-refractivity contribution in [3.05, 3.63) is 59.3 Å². The van der Waals surface area contributed by atoms with Gasteiger partial charge in [-0.15, -0.1) is 6.58 Å². The van der Waals surface area contributed by atoms with Crippen molar-refractivity contribution in [3.8, 4) is 17.0 Å². The quantitative estimate of drug-likeness (QED) is 0.342. The number of aromatic nitrogens is 1. The van der Waals surface area contributed by atoms with E-state index in [9.17, 15) is 14.9 Å². The number of pyridine rings is 1. The number of nitro benzene ring substituents is 1. The van der Waals surface area contributed by atoms with E-state index >= 15 is 0 Å². The van der Waals surface area contributed by atoms with Crippen molar-refractivity contribution in [1.29, 1.82) is 0 Å². The SMILES string of the molecule is C=CCCN(C(=O)Oc1cc(-c2ccc([N+](=O)[O-])cc2N)ccn1)C(C)(C)C. The highest BCUT2D eigenvalue weighted by molar-refractivity contribution is 5.79. The van der Waals surface area contributed by atoms with Gasteiger partial charge in [0.2, 0.25) is 5.88 Å². The number of hydrogen-bond acceptors (Lipinski definition) is 6. The number of rotatable bonds is 6. The lowest BCUT2D eigenvalue weighted by Crippen LogP contribution is -2.47. The molecule has 8 heteroatoms. The van der Waals surface area contributed by atoms with Gasteiger partial charge in [0.25, 0.3) is 5.69 Å². The Kier molecular flexibility index (Phi) is 6.35. The van der Waals surface area contributed by atoms with Crippen LogP contribution in [-0.4, -0.2) is 33.0 Å². The highest BCUT2D eigenvalue weighted by Gasteiger charge is 2.27. The van der Waals surface area contributed by atoms with Gasteiger partial charge >= 0.3 is 6.09 Å². The van der Waals surface area contributed by atoms with Gasteiger partial charge in [-0.25, -0.2) is 9.78 Å². The second-order valence-electron chi connectivity index (χ2n) is 7.18. The Hall–Kier alpha value is -3.42. The highest BCUT2D eigenvalue weighted by atomic mass is 16.6. The molecule has 0 spiro atoms. The summed E-state index contributed by atoms with van der Waals surface area (Å²) in [4.78, 5) is 28.7. The summed E-state index contributed by atoms with van der Waals surface area (Å²) in [5.41, 5.74) is 6.90. The molecule has 0 saturated carbocycles. The van der Waals surface area contributed by atoms with Crippen LogP contribution in [0.2, 0.25) is 0 Å². The predicted molar refractivity (Wildman–Crippen MR) is 108 cm³/mol. The molecule has 148 valence electrons. The highest BCUT2D eigenvalue weighted by Crippen LogP contribution is 2.30. The third-order valence-corrected chi connectivity index (χ3v) is 4.07. The number of carbonyl (C=O) groups excluding carboxylic acids is 1. The standard InChI is InChI=1S/C20H24N4O4/c1-5-6-11-23(20(2,3)4)19(25)28-18-12-14(9-10-22-18)16-8-7-15(24(26)27)13-17(16)21/h5,7-10,12-13H,1,6,11,21H2,2-4H3. The number of amides is 1. The van der Waals surface area contributed by atoms with Gasteiger partial charge in [0, 0.05) is 47.7 Å². The van der Waals surface area contributed by atoms with Crippen LogP contribution in [0.4, 0.5) is 16.2 Å². The average Bonchev–Trinajstić information content (AvgIpc) is 2.61. The van der Waals surface area contributed by atoms with Gasteiger partial charge in [-0.1, -0.05) is 6.08 Å². The first-order valence-corrected chi connectivity index (χ1v) is 8.74. The number of carbonyl (C=O) groups is 1. The number of benzene rings is 1. The van der Waals surface area contributed by atoms with E-state index in [2.05, 4.69) is 11.6 Å². The maximum absolute atomic E-state index is 12.6. The number of anilines is 1. The Balaban J connectivity index is 2.26. The molecule has 0 radical (unpaired) electrons. The van der Waals surface area contributed by atoms with Crippen LogP contribution in [0.5, 0.6) is 5.88 Å². The van der Waals surface area contributed by atoms with Crippen LogP contribution in [0.25, 0.3) is 11.1 Å². The predicted octanol–water partition coefficient (Wildman–Crippen LogP) is 4.41. The summed E-state index contributed by atoms with van der Waals surface area (Å²) in [6, 6.07) is 7.48. The van der Waals surface area contributed by atoms with Crippen LogP contribution in [-0.2, 0) is 0 Å². The number of non-ortho nitro benzene ring substituents is 1. The molecule has 0 fully saturated rings. The summed E-state index contributed by atoms with van der Waals surface area (Å²) in [6.07, 6.45) is 3.35. The van der Waals surface area contributed by atoms with Gasteiger partial charge in [0.15, 0.2) is 0 Å². The molecule has 1 aromatic heterocycles. The summed E-state index contributed by atoms with van der Waals surface area (Å²) in [7, 11) is 0. The van der Waals surface area contributed by atoms with E-state index in [1.54, 1.807) is 29.2 Å². The van der Waals surface area contributed by atoms with E-state index in [0.717, 1.165) is 0 Å². The first-order chi connectivity index (χ1) is 13.1. The number of ether oxygens (including phenoxy) is 1. The fourth-order valence-corrected chi connectivity index (χ4v) is 2.62. The molecule has 2 rings (SSSR count). The number of nitrogen functional groups attached to an aromatic ring is 1. The zero-order chi connectivity index (χ0) is 20.9. The summed E-state index contributed by atoms with van der Waals surface area (Å²) in [5, 5.41) is 10.9. The molecule has 0 aliphatic rings. The third-order valence-electron chi connectivity index (χ3n) is 4.07. The molecule has 1 heterocycles. The largest absolute Gasteiger partial charge is 0.417 e. The van der Waals surface area contributed by atoms with E-state index < -0.39 is 16.6 Å². The summed E-state index contributed by atoms with van der Waals surface area (Å²) in [6.45, 7) is 9.90. The Morgan fingerprint density at radius 3 is 2.64 bits per heavy atom. The number of nitrogens with two attached hydrogens (primary N) is 1. The van der Waals surface area contributed by atoms with Gasteiger partial charge in [-0.3, -0.25) is 10.1 Å². The molecular formula is C20H24N4O4. The van der Waals surface area contributed by atoms with Crippen molar-refractivity contribution in [3.63, 3.8) is 0 Å². The van der Waals surface area contributed by atoms with E-state index in [-0.39, 0.29) is 17.3 Å². The minimum absolute atomic E-state index is 0.0926. The van der Waals surface area contributed by atoms with E-state index in [4.69, 9.17) is 10.5 Å². The zero-order valence-electron chi connectivity index (χ0n) is 16.2. The van der Waals surface area contributed by atoms with Crippen molar-refractivity contribution < 1.29 is 14.5 Å². The van der Waals surface area contributed by atoms with Crippen LogP contribution in [0.1, 0.15) is 27.2 Å². The van der Waals surface area contributed by atoms with Gasteiger partial charge < -0.3 is 15.4 Å². The third kappa shape index (κ3) is 5.06. The molecule has 0 atom stereocenters. The lowest BCUT2D eigenvalue weighted by molar-refractivity contribution is -0.384. The van der Waals surface area contributed by atoms with Gasteiger partial charge in [-0.05, 0) is 44.9 Å². The summed E-state index contributed by atoms with van der Waals surface area (Å²) < 4.78 is 5.46. The maximum atomic E-state index is 12.6. The van der Waals surface area contributed by atoms with E-state index in [1.807, 2.05) is 20.8 Å². The molecule has 1 aromatic carbocycles. The lowest BCUT2D eigenvalue weighted by atomic mass is 10.0. The van der Waals surface area contributed by atoms with Gasteiger partial charge in [0.1, 0.15) is 0 Å². The minimum atomic E-state index is -0.518. The zero-order valence-corrected chi connectivity index (χ0v) is 16.2. The molecule has 0 unspecified atom stereocenters. The van der Waals surface area contributed by atoms with Crippen molar-refractivity contribution in [2.45, 2.75) is 32.7 Å². The minimum Gasteiger partial charge on any atom is -0.398 e. The summed E-state index contributed by atoms with van der Waals surface area (Å²) >= 11 is 0. The number of nitrogens with zero attached hydrogens (tertiary/aromatic N) is 3. The second-order valence-corrected chi connectivity index (χ2v) is 7.18. The van der Waals surface area contributed by atoms with E-state index in [0.29, 0.717) is 24.1 Å². The number of hydrogen-bond donors (Lipinski definition) is 1. The van der Waals surface area contributed by atoms with Crippen LogP contribution < -0.4 is 10.5 Å². The van der Waals surface area contributed by atoms with Gasteiger partial charge in [0.05, 0.1) is 4.92 Å². The molecule has 2 aromatic rings. The van der Waals surface area contributed by atoms with E-state index in [1.165, 1.54) is 18.3 Å². The molecule has 0 saturated heterocycles. The maximum Gasteiger partial charge on any atom is 0.417 e. The van der Waals surface area contributed by atoms with Crippen LogP contribution in [0.3, 0.4) is 0 Å². The smallest absolute Gasteiger partial charge is 0.398 e. The topological polar surface area (TPSA) is 112 Å². The Bertz CT molecular complexity index is 890. The Labute approximate surface area is 163 Å². The van der Waals surface area contributed by atoms with Crippen molar-refractivity contribution in [2.75, 3.05) is 12.3 Å². The Morgan fingerprint density at radius 2 is 2.07 bits per heavy atom. The average molecular weight is 384 g/mol. The molecule has 28 heavy (non-hydrogen) atoms. The fourth-order valence-electron chi connectivity index (χ4n) is 2.62. The molecule has 8 nitrogen and oxygen atoms in total. The van der Waals surface area contributed by atoms with Gasteiger partial charge in [-0.2, -0.15) is 0 Å². The van der Waals surface area contributed by atoms with Crippen LogP contribution >= 0.6 is 0 Å². The van der Waals surface area contributed by atoms with Crippen molar-refractivity contribution >= 4 is 17.5 Å². The molecule has 0 aliphatic heterocycles. The summed E-state index contributed by atoms with van der Waals surface area (Å²) in [5.74, 6) is 0.119. The van der Waals surface area contributed by atoms with Crippen LogP contribution in [0.15, 0.2) is 49.2 Å². The Morgan fingerprint density at radius 1 is 1.36 bits per heavy atom. The normalized spacial score (nSPS) is 11.0. The molecule has 1 amide bonds.